The van der Waals surface area contributed by atoms with Crippen LogP contribution in [-0.4, -0.2) is 44.4 Å². The highest BCUT2D eigenvalue weighted by atomic mass is 16.6. The number of alkyl carbamates (subject to hydrolysis) is 1. The van der Waals surface area contributed by atoms with Gasteiger partial charge in [0.15, 0.2) is 0 Å². The van der Waals surface area contributed by atoms with Crippen LogP contribution >= 0.6 is 0 Å². The van der Waals surface area contributed by atoms with Gasteiger partial charge in [0.1, 0.15) is 21.3 Å². The van der Waals surface area contributed by atoms with Crippen LogP contribution in [-0.2, 0) is 4.74 Å². The van der Waals surface area contributed by atoms with Gasteiger partial charge < -0.3 is 15.2 Å². The van der Waals surface area contributed by atoms with Crippen LogP contribution in [0.5, 0.6) is 0 Å². The van der Waals surface area contributed by atoms with E-state index >= 15 is 0 Å². The molecule has 0 unspecified atom stereocenters. The minimum Gasteiger partial charge on any atom is -0.444 e. The average molecular weight is 185 g/mol. The number of hydrogen-bond donors (Lipinski definition) is 2. The fourth-order valence-corrected chi connectivity index (χ4v) is 0.603. The van der Waals surface area contributed by atoms with Crippen LogP contribution in [0.2, 0.25) is 0 Å². The highest BCUT2D eigenvalue weighted by Gasteiger charge is 2.18. The Morgan fingerprint density at radius 2 is 1.92 bits per heavy atom. The molecule has 0 atom stereocenters. The molecule has 0 saturated heterocycles. The smallest absolute Gasteiger partial charge is 0.407 e. The van der Waals surface area contributed by atoms with Crippen LogP contribution in [0.3, 0.4) is 0 Å². The maximum absolute atomic E-state index is 11.1. The summed E-state index contributed by atoms with van der Waals surface area (Å²) in [6.07, 6.45) is -0.505. The fourth-order valence-electron chi connectivity index (χ4n) is 0.603. The highest BCUT2D eigenvalue weighted by molar-refractivity contribution is 6.39. The van der Waals surface area contributed by atoms with Crippen molar-refractivity contribution < 1.29 is 14.6 Å². The van der Waals surface area contributed by atoms with Crippen LogP contribution in [0.1, 0.15) is 20.8 Å². The van der Waals surface area contributed by atoms with E-state index in [9.17, 15) is 9.90 Å². The van der Waals surface area contributed by atoms with E-state index in [0.717, 1.165) is 0 Å². The van der Waals surface area contributed by atoms with Crippen LogP contribution < -0.4 is 5.32 Å². The van der Waals surface area contributed by atoms with Crippen molar-refractivity contribution >= 4 is 21.8 Å². The van der Waals surface area contributed by atoms with Crippen LogP contribution in [0, 0.1) is 0 Å². The zero-order valence-corrected chi connectivity index (χ0v) is 8.97. The molecule has 1 amide bonds. The summed E-state index contributed by atoms with van der Waals surface area (Å²) in [6, 6.07) is 0. The Hall–Kier alpha value is -0.640. The minimum atomic E-state index is -0.906. The van der Waals surface area contributed by atoms with Crippen molar-refractivity contribution in [1.29, 1.82) is 0 Å². The summed E-state index contributed by atoms with van der Waals surface area (Å²) in [5.74, 6) is 0. The number of carbonyl (C=O) groups is 1. The van der Waals surface area contributed by atoms with Crippen molar-refractivity contribution in [2.75, 3.05) is 6.54 Å². The van der Waals surface area contributed by atoms with Gasteiger partial charge in [0.2, 0.25) is 0 Å². The first kappa shape index (κ1) is 12.4. The molecule has 6 heteroatoms. The van der Waals surface area contributed by atoms with E-state index in [1.165, 1.54) is 0 Å². The lowest BCUT2D eigenvalue weighted by atomic mass is 9.65. The second-order valence-corrected chi connectivity index (χ2v) is 4.67. The molecule has 0 fully saturated rings. The molecule has 0 rings (SSSR count). The second kappa shape index (κ2) is 4.05. The molecule has 0 heterocycles. The molecule has 0 aromatic carbocycles. The van der Waals surface area contributed by atoms with E-state index in [1.54, 1.807) is 36.5 Å². The lowest BCUT2D eigenvalue weighted by Crippen LogP contribution is -2.45. The quantitative estimate of drug-likeness (QED) is 0.510. The van der Waals surface area contributed by atoms with Gasteiger partial charge in [-0.1, -0.05) is 0 Å². The SMILES string of the molecule is BC(B)(O)CNC(=O)OC(C)(C)C. The molecule has 0 aromatic rings. The van der Waals surface area contributed by atoms with Gasteiger partial charge in [-0.05, 0) is 20.8 Å². The number of aliphatic hydroxyl groups is 1. The molecule has 0 saturated carbocycles. The van der Waals surface area contributed by atoms with Crippen LogP contribution in [0.25, 0.3) is 0 Å². The van der Waals surface area contributed by atoms with E-state index in [-0.39, 0.29) is 6.54 Å². The number of hydrogen-bond acceptors (Lipinski definition) is 3. The van der Waals surface area contributed by atoms with Gasteiger partial charge in [-0.25, -0.2) is 4.79 Å². The zero-order valence-electron chi connectivity index (χ0n) is 8.97. The molecule has 0 bridgehead atoms. The molecule has 0 aliphatic heterocycles. The third kappa shape index (κ3) is 9.27. The van der Waals surface area contributed by atoms with E-state index in [2.05, 4.69) is 5.32 Å². The topological polar surface area (TPSA) is 58.6 Å². The van der Waals surface area contributed by atoms with Gasteiger partial charge >= 0.3 is 6.09 Å². The molecule has 0 aromatic heterocycles. The number of ether oxygens (including phenoxy) is 1. The monoisotopic (exact) mass is 185 g/mol. The number of nitrogens with one attached hydrogen (secondary N) is 1. The highest BCUT2D eigenvalue weighted by Crippen LogP contribution is 2.06. The van der Waals surface area contributed by atoms with Gasteiger partial charge in [-0.3, -0.25) is 0 Å². The maximum atomic E-state index is 11.1. The molecule has 2 N–H and O–H groups in total. The first-order valence-electron chi connectivity index (χ1n) is 4.29. The summed E-state index contributed by atoms with van der Waals surface area (Å²) < 4.78 is 4.97. The summed E-state index contributed by atoms with van der Waals surface area (Å²) in [5.41, 5.74) is -0.496. The second-order valence-electron chi connectivity index (χ2n) is 4.67. The molecule has 4 nitrogen and oxygen atoms in total. The van der Waals surface area contributed by atoms with Gasteiger partial charge in [0, 0.05) is 11.9 Å². The fraction of sp³-hybridized carbons (Fsp3) is 0.857. The molecule has 0 aliphatic carbocycles. The van der Waals surface area contributed by atoms with Crippen molar-refractivity contribution in [2.45, 2.75) is 31.8 Å². The van der Waals surface area contributed by atoms with Crippen LogP contribution in [0.15, 0.2) is 0 Å². The molecule has 74 valence electrons. The van der Waals surface area contributed by atoms with E-state index in [4.69, 9.17) is 4.74 Å². The normalized spacial score (nSPS) is 12.3. The van der Waals surface area contributed by atoms with Crippen molar-refractivity contribution in [3.05, 3.63) is 0 Å². The Balaban J connectivity index is 3.78. The Kier molecular flexibility index (Phi) is 3.85. The molecule has 0 radical (unpaired) electrons. The molecule has 13 heavy (non-hydrogen) atoms. The van der Waals surface area contributed by atoms with Crippen molar-refractivity contribution in [1.82, 2.24) is 5.32 Å². The maximum Gasteiger partial charge on any atom is 0.407 e. The Morgan fingerprint density at radius 3 is 2.23 bits per heavy atom. The third-order valence-electron chi connectivity index (χ3n) is 1.06. The predicted octanol–water partition coefficient (Wildman–Crippen LogP) is -1.58. The number of rotatable bonds is 2. The zero-order chi connectivity index (χ0) is 10.7. The average Bonchev–Trinajstić information content (AvgIpc) is 1.78. The summed E-state index contributed by atoms with van der Waals surface area (Å²) in [6.45, 7) is 5.55. The predicted molar refractivity (Wildman–Crippen MR) is 56.3 cm³/mol. The van der Waals surface area contributed by atoms with E-state index < -0.39 is 17.1 Å². The Bertz CT molecular complexity index is 183. The number of carbonyl (C=O) groups excluding carboxylic acids is 1. The minimum absolute atomic E-state index is 0.182. The summed E-state index contributed by atoms with van der Waals surface area (Å²) in [7, 11) is 3.23. The molecular formula is C7H17B2NO3. The standard InChI is InChI=1S/C7H17B2NO3/c1-6(2,3)13-5(11)10-4-7(8,9)12/h12H,4,8-9H2,1-3H3,(H,10,11). The molecule has 0 aliphatic rings. The lowest BCUT2D eigenvalue weighted by molar-refractivity contribution is 0.0502. The van der Waals surface area contributed by atoms with Gasteiger partial charge in [-0.2, -0.15) is 0 Å². The summed E-state index contributed by atoms with van der Waals surface area (Å²) in [5, 5.41) is 10.9. The molecule has 0 spiro atoms. The van der Waals surface area contributed by atoms with E-state index in [1.807, 2.05) is 0 Å². The van der Waals surface area contributed by atoms with E-state index in [0.29, 0.717) is 0 Å². The lowest BCUT2D eigenvalue weighted by Gasteiger charge is -2.22. The van der Waals surface area contributed by atoms with Gasteiger partial charge in [-0.15, -0.1) is 0 Å². The Morgan fingerprint density at radius 1 is 1.46 bits per heavy atom. The van der Waals surface area contributed by atoms with Crippen LogP contribution in [0.4, 0.5) is 4.79 Å². The van der Waals surface area contributed by atoms with Crippen molar-refractivity contribution in [3.8, 4) is 0 Å². The molecular weight excluding hydrogens is 168 g/mol. The summed E-state index contributed by atoms with van der Waals surface area (Å²) >= 11 is 0. The van der Waals surface area contributed by atoms with Crippen molar-refractivity contribution in [2.24, 2.45) is 0 Å². The van der Waals surface area contributed by atoms with Gasteiger partial charge in [0.25, 0.3) is 0 Å². The summed E-state index contributed by atoms with van der Waals surface area (Å²) in [4.78, 5) is 11.1. The first-order chi connectivity index (χ1) is 5.60. The van der Waals surface area contributed by atoms with Gasteiger partial charge in [0.05, 0.1) is 0 Å². The van der Waals surface area contributed by atoms with Crippen molar-refractivity contribution in [3.63, 3.8) is 0 Å². The first-order valence-corrected chi connectivity index (χ1v) is 4.29. The third-order valence-corrected chi connectivity index (χ3v) is 1.06. The Labute approximate surface area is 80.9 Å². The number of amides is 1. The largest absolute Gasteiger partial charge is 0.444 e.